The first-order valence-electron chi connectivity index (χ1n) is 8.19. The monoisotopic (exact) mass is 344 g/mol. The Kier molecular flexibility index (Phi) is 8.60. The average Bonchev–Trinajstić information content (AvgIpc) is 2.55. The maximum Gasteiger partial charge on any atom is 0.390 e. The minimum absolute atomic E-state index is 0.189. The van der Waals surface area contributed by atoms with Crippen molar-refractivity contribution < 1.29 is 13.2 Å². The maximum absolute atomic E-state index is 12.1. The van der Waals surface area contributed by atoms with Crippen molar-refractivity contribution in [1.29, 1.82) is 0 Å². The molecule has 0 bridgehead atoms. The van der Waals surface area contributed by atoms with Crippen LogP contribution in [0.25, 0.3) is 0 Å². The highest BCUT2D eigenvalue weighted by molar-refractivity contribution is 5.79. The molecule has 0 aliphatic rings. The molecule has 0 aromatic heterocycles. The second kappa shape index (κ2) is 10.2. The summed E-state index contributed by atoms with van der Waals surface area (Å²) in [6.07, 6.45) is -5.04. The Morgan fingerprint density at radius 2 is 1.62 bits per heavy atom. The summed E-state index contributed by atoms with van der Waals surface area (Å²) >= 11 is 0. The zero-order valence-corrected chi connectivity index (χ0v) is 14.6. The third-order valence-electron chi connectivity index (χ3n) is 3.71. The summed E-state index contributed by atoms with van der Waals surface area (Å²) in [4.78, 5) is 6.26. The molecule has 0 spiro atoms. The molecule has 0 fully saturated rings. The maximum atomic E-state index is 12.1. The number of hydrogen-bond donors (Lipinski definition) is 2. The minimum atomic E-state index is -4.16. The van der Waals surface area contributed by atoms with Crippen molar-refractivity contribution in [2.75, 3.05) is 26.7 Å². The first-order valence-corrected chi connectivity index (χ1v) is 8.19. The lowest BCUT2D eigenvalue weighted by Gasteiger charge is -2.18. The van der Waals surface area contributed by atoms with Crippen LogP contribution in [-0.4, -0.2) is 43.7 Å². The van der Waals surface area contributed by atoms with Crippen molar-refractivity contribution in [3.63, 3.8) is 0 Å². The largest absolute Gasteiger partial charge is 0.390 e. The van der Waals surface area contributed by atoms with E-state index < -0.39 is 12.6 Å². The SMILES string of the molecule is CCN(CC)Cc1ccc(CNC(=NC)NCCC(F)(F)F)cc1. The lowest BCUT2D eigenvalue weighted by Crippen LogP contribution is -2.38. The molecule has 0 amide bonds. The van der Waals surface area contributed by atoms with Gasteiger partial charge in [-0.2, -0.15) is 13.2 Å². The first-order chi connectivity index (χ1) is 11.4. The fourth-order valence-electron chi connectivity index (χ4n) is 2.20. The summed E-state index contributed by atoms with van der Waals surface area (Å²) in [7, 11) is 1.54. The molecule has 1 aromatic carbocycles. The molecular formula is C17H27F3N4. The van der Waals surface area contributed by atoms with Gasteiger partial charge in [-0.25, -0.2) is 0 Å². The second-order valence-electron chi connectivity index (χ2n) is 5.50. The zero-order chi connectivity index (χ0) is 18.0. The number of nitrogens with zero attached hydrogens (tertiary/aromatic N) is 2. The van der Waals surface area contributed by atoms with Crippen LogP contribution in [-0.2, 0) is 13.1 Å². The molecule has 0 heterocycles. The van der Waals surface area contributed by atoms with Gasteiger partial charge >= 0.3 is 6.18 Å². The van der Waals surface area contributed by atoms with Crippen LogP contribution in [0.3, 0.4) is 0 Å². The standard InChI is InChI=1S/C17H27F3N4/c1-4-24(5-2)13-15-8-6-14(7-9-15)12-23-16(21-3)22-11-10-17(18,19)20/h6-9H,4-5,10-13H2,1-3H3,(H2,21,22,23). The number of alkyl halides is 3. The summed E-state index contributed by atoms with van der Waals surface area (Å²) in [6, 6.07) is 8.20. The van der Waals surface area contributed by atoms with Crippen molar-refractivity contribution >= 4 is 5.96 Å². The van der Waals surface area contributed by atoms with Gasteiger partial charge in [0, 0.05) is 26.7 Å². The van der Waals surface area contributed by atoms with Crippen LogP contribution >= 0.6 is 0 Å². The van der Waals surface area contributed by atoms with E-state index in [2.05, 4.69) is 46.5 Å². The molecule has 7 heteroatoms. The van der Waals surface area contributed by atoms with E-state index in [4.69, 9.17) is 0 Å². The highest BCUT2D eigenvalue weighted by Crippen LogP contribution is 2.18. The zero-order valence-electron chi connectivity index (χ0n) is 14.6. The van der Waals surface area contributed by atoms with Crippen LogP contribution < -0.4 is 10.6 Å². The van der Waals surface area contributed by atoms with Gasteiger partial charge in [0.25, 0.3) is 0 Å². The predicted molar refractivity (Wildman–Crippen MR) is 91.9 cm³/mol. The fraction of sp³-hybridized carbons (Fsp3) is 0.588. The normalized spacial score (nSPS) is 12.5. The van der Waals surface area contributed by atoms with Crippen LogP contribution in [0, 0.1) is 0 Å². The van der Waals surface area contributed by atoms with Crippen LogP contribution in [0.2, 0.25) is 0 Å². The molecule has 0 atom stereocenters. The molecule has 0 radical (unpaired) electrons. The van der Waals surface area contributed by atoms with E-state index >= 15 is 0 Å². The number of guanidine groups is 1. The smallest absolute Gasteiger partial charge is 0.356 e. The Morgan fingerprint density at radius 3 is 2.12 bits per heavy atom. The van der Waals surface area contributed by atoms with Gasteiger partial charge < -0.3 is 10.6 Å². The number of nitrogens with one attached hydrogen (secondary N) is 2. The second-order valence-corrected chi connectivity index (χ2v) is 5.50. The van der Waals surface area contributed by atoms with E-state index in [1.54, 1.807) is 0 Å². The molecule has 136 valence electrons. The van der Waals surface area contributed by atoms with Crippen molar-refractivity contribution in [2.24, 2.45) is 4.99 Å². The number of hydrogen-bond acceptors (Lipinski definition) is 2. The van der Waals surface area contributed by atoms with E-state index in [9.17, 15) is 13.2 Å². The van der Waals surface area contributed by atoms with E-state index in [0.717, 1.165) is 25.2 Å². The first kappa shape index (κ1) is 20.3. The Hall–Kier alpha value is -1.76. The summed E-state index contributed by atoms with van der Waals surface area (Å²) in [5, 5.41) is 5.68. The highest BCUT2D eigenvalue weighted by atomic mass is 19.4. The molecule has 0 aliphatic carbocycles. The van der Waals surface area contributed by atoms with Crippen molar-refractivity contribution in [2.45, 2.75) is 39.5 Å². The molecule has 24 heavy (non-hydrogen) atoms. The summed E-state index contributed by atoms with van der Waals surface area (Å²) in [5.74, 6) is 0.367. The van der Waals surface area contributed by atoms with Gasteiger partial charge in [0.1, 0.15) is 0 Å². The third-order valence-corrected chi connectivity index (χ3v) is 3.71. The summed E-state index contributed by atoms with van der Waals surface area (Å²) < 4.78 is 36.4. The molecule has 1 rings (SSSR count). The Labute approximate surface area is 142 Å². The molecule has 1 aromatic rings. The minimum Gasteiger partial charge on any atom is -0.356 e. The molecule has 4 nitrogen and oxygen atoms in total. The van der Waals surface area contributed by atoms with Gasteiger partial charge in [0.15, 0.2) is 5.96 Å². The summed E-state index contributed by atoms with van der Waals surface area (Å²) in [5.41, 5.74) is 2.30. The van der Waals surface area contributed by atoms with Crippen molar-refractivity contribution in [3.8, 4) is 0 Å². The van der Waals surface area contributed by atoms with Gasteiger partial charge in [0.2, 0.25) is 0 Å². The molecule has 0 aliphatic heterocycles. The molecular weight excluding hydrogens is 317 g/mol. The van der Waals surface area contributed by atoms with E-state index in [0.29, 0.717) is 12.5 Å². The van der Waals surface area contributed by atoms with Gasteiger partial charge in [-0.1, -0.05) is 38.1 Å². The molecule has 2 N–H and O–H groups in total. The van der Waals surface area contributed by atoms with E-state index in [1.165, 1.54) is 12.6 Å². The van der Waals surface area contributed by atoms with Gasteiger partial charge in [-0.05, 0) is 24.2 Å². The van der Waals surface area contributed by atoms with Crippen LogP contribution in [0.5, 0.6) is 0 Å². The summed E-state index contributed by atoms with van der Waals surface area (Å²) in [6.45, 7) is 7.54. The fourth-order valence-corrected chi connectivity index (χ4v) is 2.20. The molecule has 0 unspecified atom stereocenters. The van der Waals surface area contributed by atoms with E-state index in [1.807, 2.05) is 12.1 Å². The van der Waals surface area contributed by atoms with Crippen molar-refractivity contribution in [3.05, 3.63) is 35.4 Å². The van der Waals surface area contributed by atoms with Crippen molar-refractivity contribution in [1.82, 2.24) is 15.5 Å². The van der Waals surface area contributed by atoms with Crippen LogP contribution in [0.4, 0.5) is 13.2 Å². The van der Waals surface area contributed by atoms with Gasteiger partial charge in [-0.15, -0.1) is 0 Å². The van der Waals surface area contributed by atoms with Crippen LogP contribution in [0.1, 0.15) is 31.4 Å². The molecule has 0 saturated carbocycles. The lowest BCUT2D eigenvalue weighted by molar-refractivity contribution is -0.132. The predicted octanol–water partition coefficient (Wildman–Crippen LogP) is 3.15. The third kappa shape index (κ3) is 8.19. The van der Waals surface area contributed by atoms with E-state index in [-0.39, 0.29) is 6.54 Å². The Balaban J connectivity index is 2.43. The average molecular weight is 344 g/mol. The number of aliphatic imine (C=N–C) groups is 1. The lowest BCUT2D eigenvalue weighted by atomic mass is 10.1. The van der Waals surface area contributed by atoms with Crippen LogP contribution in [0.15, 0.2) is 29.3 Å². The van der Waals surface area contributed by atoms with Gasteiger partial charge in [-0.3, -0.25) is 9.89 Å². The Bertz CT molecular complexity index is 494. The number of halogens is 3. The number of rotatable bonds is 8. The Morgan fingerprint density at radius 1 is 1.04 bits per heavy atom. The highest BCUT2D eigenvalue weighted by Gasteiger charge is 2.26. The number of benzene rings is 1. The molecule has 0 saturated heterocycles. The quantitative estimate of drug-likeness (QED) is 0.562. The topological polar surface area (TPSA) is 39.7 Å². The van der Waals surface area contributed by atoms with Gasteiger partial charge in [0.05, 0.1) is 6.42 Å².